The minimum Gasteiger partial charge on any atom is -0.435 e. The SMILES string of the molecule is Cc1c(Nc2nccc3cccnc23)cccc1-c1cccc(-c2nc3cc(CNCC(C)O)cc(C#N)c3o2)c1C. The van der Waals surface area contributed by atoms with E-state index < -0.39 is 6.10 Å². The van der Waals surface area contributed by atoms with Crippen LogP contribution in [0.15, 0.2) is 83.5 Å². The maximum absolute atomic E-state index is 9.81. The van der Waals surface area contributed by atoms with Crippen LogP contribution in [0.5, 0.6) is 0 Å². The Hall–Kier alpha value is -5.10. The third kappa shape index (κ3) is 5.19. The van der Waals surface area contributed by atoms with E-state index in [0.717, 1.165) is 50.0 Å². The molecule has 8 heteroatoms. The van der Waals surface area contributed by atoms with Crippen molar-refractivity contribution in [1.82, 2.24) is 20.3 Å². The molecule has 3 N–H and O–H groups in total. The van der Waals surface area contributed by atoms with Crippen LogP contribution in [0.25, 0.3) is 44.6 Å². The number of aliphatic hydroxyl groups is 1. The number of anilines is 2. The second-order valence-electron chi connectivity index (χ2n) is 10.4. The molecule has 6 rings (SSSR count). The Morgan fingerprint density at radius 2 is 1.71 bits per heavy atom. The lowest BCUT2D eigenvalue weighted by Gasteiger charge is -2.16. The number of nitriles is 1. The maximum Gasteiger partial charge on any atom is 0.227 e. The highest BCUT2D eigenvalue weighted by Crippen LogP contribution is 2.37. The summed E-state index contributed by atoms with van der Waals surface area (Å²) in [6.07, 6.45) is 3.10. The van der Waals surface area contributed by atoms with Crippen LogP contribution < -0.4 is 10.6 Å². The molecule has 3 aromatic heterocycles. The summed E-state index contributed by atoms with van der Waals surface area (Å²) in [6.45, 7) is 6.85. The van der Waals surface area contributed by atoms with Crippen molar-refractivity contribution in [3.8, 4) is 28.7 Å². The van der Waals surface area contributed by atoms with Crippen LogP contribution in [-0.4, -0.2) is 32.7 Å². The summed E-state index contributed by atoms with van der Waals surface area (Å²) in [5, 5.41) is 27.1. The zero-order valence-electron chi connectivity index (χ0n) is 23.6. The van der Waals surface area contributed by atoms with Crippen LogP contribution in [0, 0.1) is 25.2 Å². The number of pyridine rings is 2. The van der Waals surface area contributed by atoms with Crippen molar-refractivity contribution in [3.63, 3.8) is 0 Å². The van der Waals surface area contributed by atoms with Gasteiger partial charge in [0.05, 0.1) is 11.7 Å². The van der Waals surface area contributed by atoms with Crippen molar-refractivity contribution < 1.29 is 9.52 Å². The fourth-order valence-electron chi connectivity index (χ4n) is 5.26. The van der Waals surface area contributed by atoms with Crippen LogP contribution in [0.4, 0.5) is 11.5 Å². The third-order valence-corrected chi connectivity index (χ3v) is 7.40. The van der Waals surface area contributed by atoms with Gasteiger partial charge in [-0.3, -0.25) is 4.98 Å². The molecule has 0 aliphatic heterocycles. The highest BCUT2D eigenvalue weighted by molar-refractivity contribution is 5.91. The fourth-order valence-corrected chi connectivity index (χ4v) is 5.26. The first-order chi connectivity index (χ1) is 20.4. The minimum absolute atomic E-state index is 0.431. The first-order valence-electron chi connectivity index (χ1n) is 13.8. The van der Waals surface area contributed by atoms with Gasteiger partial charge in [0, 0.05) is 42.1 Å². The van der Waals surface area contributed by atoms with Crippen LogP contribution >= 0.6 is 0 Å². The van der Waals surface area contributed by atoms with Crippen molar-refractivity contribution in [2.24, 2.45) is 0 Å². The number of oxazole rings is 1. The topological polar surface area (TPSA) is 120 Å². The van der Waals surface area contributed by atoms with E-state index in [4.69, 9.17) is 9.40 Å². The Morgan fingerprint density at radius 3 is 2.52 bits per heavy atom. The van der Waals surface area contributed by atoms with Crippen molar-refractivity contribution >= 4 is 33.5 Å². The Kier molecular flexibility index (Phi) is 7.36. The zero-order valence-corrected chi connectivity index (χ0v) is 23.6. The van der Waals surface area contributed by atoms with E-state index >= 15 is 0 Å². The van der Waals surface area contributed by atoms with Gasteiger partial charge in [0.15, 0.2) is 11.4 Å². The Labute approximate surface area is 243 Å². The molecule has 0 aliphatic carbocycles. The summed E-state index contributed by atoms with van der Waals surface area (Å²) in [5.41, 5.74) is 9.28. The standard InChI is InChI=1S/C34H30N6O2/c1-20(41)18-36-19-23-15-25(17-35)32-30(16-23)40-34(42-32)28-10-4-8-26(21(28)2)27-9-5-11-29(22(27)3)39-33-31-24(12-14-38-33)7-6-13-37-31/h4-16,20,36,41H,18-19H2,1-3H3,(H,38,39). The number of hydrogen-bond donors (Lipinski definition) is 3. The number of benzene rings is 3. The summed E-state index contributed by atoms with van der Waals surface area (Å²) < 4.78 is 6.20. The van der Waals surface area contributed by atoms with E-state index in [-0.39, 0.29) is 0 Å². The number of nitrogens with zero attached hydrogens (tertiary/aromatic N) is 4. The Balaban J connectivity index is 1.36. The monoisotopic (exact) mass is 554 g/mol. The molecule has 0 saturated heterocycles. The van der Waals surface area contributed by atoms with Gasteiger partial charge >= 0.3 is 0 Å². The van der Waals surface area contributed by atoms with Crippen LogP contribution in [0.2, 0.25) is 0 Å². The fraction of sp³-hybridized carbons (Fsp3) is 0.176. The molecule has 3 aromatic carbocycles. The van der Waals surface area contributed by atoms with E-state index in [1.807, 2.05) is 48.5 Å². The molecule has 208 valence electrons. The van der Waals surface area contributed by atoms with Gasteiger partial charge in [-0.05, 0) is 85.0 Å². The lowest BCUT2D eigenvalue weighted by Crippen LogP contribution is -2.23. The third-order valence-electron chi connectivity index (χ3n) is 7.40. The Morgan fingerprint density at radius 1 is 0.929 bits per heavy atom. The molecule has 0 fully saturated rings. The summed E-state index contributed by atoms with van der Waals surface area (Å²) >= 11 is 0. The van der Waals surface area contributed by atoms with Crippen LogP contribution in [-0.2, 0) is 6.54 Å². The molecule has 0 amide bonds. The normalized spacial score (nSPS) is 12.0. The lowest BCUT2D eigenvalue weighted by atomic mass is 9.93. The van der Waals surface area contributed by atoms with Crippen LogP contribution in [0.1, 0.15) is 29.2 Å². The second kappa shape index (κ2) is 11.4. The van der Waals surface area contributed by atoms with Crippen LogP contribution in [0.3, 0.4) is 0 Å². The van der Waals surface area contributed by atoms with Gasteiger partial charge in [-0.25, -0.2) is 9.97 Å². The van der Waals surface area contributed by atoms with Crippen molar-refractivity contribution in [2.45, 2.75) is 33.4 Å². The molecule has 42 heavy (non-hydrogen) atoms. The predicted molar refractivity (Wildman–Crippen MR) is 165 cm³/mol. The van der Waals surface area contributed by atoms with Crippen molar-refractivity contribution in [2.75, 3.05) is 11.9 Å². The van der Waals surface area contributed by atoms with E-state index in [2.05, 4.69) is 52.7 Å². The van der Waals surface area contributed by atoms with E-state index in [9.17, 15) is 10.4 Å². The van der Waals surface area contributed by atoms with Gasteiger partial charge in [0.25, 0.3) is 0 Å². The van der Waals surface area contributed by atoms with Crippen molar-refractivity contribution in [3.05, 3.63) is 101 Å². The first kappa shape index (κ1) is 27.1. The molecule has 8 nitrogen and oxygen atoms in total. The van der Waals surface area contributed by atoms with Gasteiger partial charge in [0.1, 0.15) is 17.1 Å². The number of rotatable bonds is 8. The zero-order chi connectivity index (χ0) is 29.2. The van der Waals surface area contributed by atoms with Gasteiger partial charge < -0.3 is 20.2 Å². The van der Waals surface area contributed by atoms with Crippen molar-refractivity contribution in [1.29, 1.82) is 5.26 Å². The molecule has 0 radical (unpaired) electrons. The number of hydrogen-bond acceptors (Lipinski definition) is 8. The number of nitrogens with one attached hydrogen (secondary N) is 2. The lowest BCUT2D eigenvalue weighted by molar-refractivity contribution is 0.191. The quantitative estimate of drug-likeness (QED) is 0.188. The summed E-state index contributed by atoms with van der Waals surface area (Å²) in [4.78, 5) is 13.9. The highest BCUT2D eigenvalue weighted by atomic mass is 16.3. The molecule has 0 spiro atoms. The molecule has 1 atom stereocenters. The van der Waals surface area contributed by atoms with E-state index in [0.29, 0.717) is 41.5 Å². The molecule has 1 unspecified atom stereocenters. The van der Waals surface area contributed by atoms with Gasteiger partial charge in [0.2, 0.25) is 5.89 Å². The number of aromatic nitrogens is 3. The average Bonchev–Trinajstić information content (AvgIpc) is 3.42. The van der Waals surface area contributed by atoms with Gasteiger partial charge in [-0.1, -0.05) is 30.3 Å². The molecule has 6 aromatic rings. The first-order valence-corrected chi connectivity index (χ1v) is 13.8. The molecule has 3 heterocycles. The number of fused-ring (bicyclic) bond motifs is 2. The van der Waals surface area contributed by atoms with E-state index in [1.54, 1.807) is 25.4 Å². The summed E-state index contributed by atoms with van der Waals surface area (Å²) in [7, 11) is 0. The average molecular weight is 555 g/mol. The minimum atomic E-state index is -0.454. The smallest absolute Gasteiger partial charge is 0.227 e. The largest absolute Gasteiger partial charge is 0.435 e. The molecule has 0 bridgehead atoms. The predicted octanol–water partition coefficient (Wildman–Crippen LogP) is 6.81. The van der Waals surface area contributed by atoms with E-state index in [1.165, 1.54) is 0 Å². The highest BCUT2D eigenvalue weighted by Gasteiger charge is 2.18. The molecular formula is C34H30N6O2. The maximum atomic E-state index is 9.81. The Bertz CT molecular complexity index is 1970. The second-order valence-corrected chi connectivity index (χ2v) is 10.4. The number of aliphatic hydroxyl groups excluding tert-OH is 1. The molecule has 0 aliphatic rings. The molecular weight excluding hydrogens is 524 g/mol. The summed E-state index contributed by atoms with van der Waals surface area (Å²) in [5.74, 6) is 1.17. The van der Waals surface area contributed by atoms with Gasteiger partial charge in [-0.15, -0.1) is 0 Å². The molecule has 0 saturated carbocycles. The van der Waals surface area contributed by atoms with Gasteiger partial charge in [-0.2, -0.15) is 5.26 Å². The summed E-state index contributed by atoms with van der Waals surface area (Å²) in [6, 6.07) is 24.1.